The molecule has 4 rings (SSSR count). The number of anilines is 1. The molecule has 1 aliphatic rings. The number of aromatic nitrogens is 1. The molecule has 0 saturated carbocycles. The van der Waals surface area contributed by atoms with Crippen molar-refractivity contribution in [3.63, 3.8) is 0 Å². The third-order valence-electron chi connectivity index (χ3n) is 5.37. The molecule has 2 heterocycles. The molecule has 0 amide bonds. The molecule has 4 nitrogen and oxygen atoms in total. The van der Waals surface area contributed by atoms with Gasteiger partial charge in [0.05, 0.1) is 0 Å². The van der Waals surface area contributed by atoms with Gasteiger partial charge in [0.1, 0.15) is 0 Å². The standard InChI is InChI=1S/C23H27N3O/c27-13-1-2-17-3-5-18(6-4-17)20-14-19-7-10-25-16-22(19)23(15-20)26-21-8-11-24-12-9-21/h3-7,10,14-16,21,24,26-27H,1-2,8-9,11-13H2. The Morgan fingerprint density at radius 2 is 1.85 bits per heavy atom. The average molecular weight is 361 g/mol. The topological polar surface area (TPSA) is 57.2 Å². The van der Waals surface area contributed by atoms with E-state index in [2.05, 4.69) is 58.1 Å². The van der Waals surface area contributed by atoms with Crippen molar-refractivity contribution in [2.75, 3.05) is 25.0 Å². The fraction of sp³-hybridized carbons (Fsp3) is 0.348. The average Bonchev–Trinajstić information content (AvgIpc) is 2.73. The van der Waals surface area contributed by atoms with Crippen LogP contribution in [0.25, 0.3) is 21.9 Å². The molecular formula is C23H27N3O. The van der Waals surface area contributed by atoms with Gasteiger partial charge in [-0.05, 0) is 79.0 Å². The predicted molar refractivity (Wildman–Crippen MR) is 112 cm³/mol. The molecule has 140 valence electrons. The van der Waals surface area contributed by atoms with E-state index in [1.54, 1.807) is 0 Å². The number of aryl methyl sites for hydroxylation is 1. The number of hydrogen-bond acceptors (Lipinski definition) is 4. The lowest BCUT2D eigenvalue weighted by Crippen LogP contribution is -2.35. The zero-order valence-electron chi connectivity index (χ0n) is 15.6. The number of fused-ring (bicyclic) bond motifs is 1. The molecule has 27 heavy (non-hydrogen) atoms. The maximum atomic E-state index is 9.01. The van der Waals surface area contributed by atoms with Crippen LogP contribution in [0.2, 0.25) is 0 Å². The number of nitrogens with one attached hydrogen (secondary N) is 2. The molecule has 1 saturated heterocycles. The van der Waals surface area contributed by atoms with Gasteiger partial charge in [-0.1, -0.05) is 24.3 Å². The first-order chi connectivity index (χ1) is 13.3. The number of nitrogens with zero attached hydrogens (tertiary/aromatic N) is 1. The van der Waals surface area contributed by atoms with Crippen molar-refractivity contribution >= 4 is 16.5 Å². The Morgan fingerprint density at radius 3 is 2.63 bits per heavy atom. The molecule has 3 N–H and O–H groups in total. The van der Waals surface area contributed by atoms with E-state index in [0.717, 1.165) is 38.8 Å². The van der Waals surface area contributed by atoms with E-state index in [1.165, 1.54) is 33.2 Å². The van der Waals surface area contributed by atoms with Crippen LogP contribution in [0, 0.1) is 0 Å². The Labute approximate surface area is 160 Å². The highest BCUT2D eigenvalue weighted by atomic mass is 16.2. The van der Waals surface area contributed by atoms with Crippen LogP contribution in [-0.4, -0.2) is 35.8 Å². The van der Waals surface area contributed by atoms with Gasteiger partial charge < -0.3 is 15.7 Å². The van der Waals surface area contributed by atoms with E-state index in [0.29, 0.717) is 6.04 Å². The van der Waals surface area contributed by atoms with E-state index >= 15 is 0 Å². The van der Waals surface area contributed by atoms with Gasteiger partial charge in [-0.25, -0.2) is 0 Å². The van der Waals surface area contributed by atoms with Crippen molar-refractivity contribution in [3.8, 4) is 11.1 Å². The summed E-state index contributed by atoms with van der Waals surface area (Å²) in [4.78, 5) is 4.34. The molecule has 0 atom stereocenters. The normalized spacial score (nSPS) is 15.1. The quantitative estimate of drug-likeness (QED) is 0.621. The van der Waals surface area contributed by atoms with Gasteiger partial charge >= 0.3 is 0 Å². The first-order valence-electron chi connectivity index (χ1n) is 9.89. The number of benzene rings is 2. The Hall–Kier alpha value is -2.43. The first-order valence-corrected chi connectivity index (χ1v) is 9.89. The second-order valence-corrected chi connectivity index (χ2v) is 7.31. The van der Waals surface area contributed by atoms with E-state index in [1.807, 2.05) is 12.4 Å². The summed E-state index contributed by atoms with van der Waals surface area (Å²) in [5.41, 5.74) is 4.88. The number of pyridine rings is 1. The SMILES string of the molecule is OCCCc1ccc(-c2cc(NC3CCNCC3)c3cnccc3c2)cc1. The predicted octanol–water partition coefficient (Wildman–Crippen LogP) is 3.99. The van der Waals surface area contributed by atoms with Crippen molar-refractivity contribution in [2.45, 2.75) is 31.7 Å². The largest absolute Gasteiger partial charge is 0.396 e. The Bertz CT molecular complexity index is 886. The van der Waals surface area contributed by atoms with Crippen LogP contribution in [0.4, 0.5) is 5.69 Å². The third-order valence-corrected chi connectivity index (χ3v) is 5.37. The lowest BCUT2D eigenvalue weighted by Gasteiger charge is -2.25. The highest BCUT2D eigenvalue weighted by Gasteiger charge is 2.15. The van der Waals surface area contributed by atoms with E-state index in [4.69, 9.17) is 5.11 Å². The molecule has 1 fully saturated rings. The summed E-state index contributed by atoms with van der Waals surface area (Å²) in [6.45, 7) is 2.39. The summed E-state index contributed by atoms with van der Waals surface area (Å²) in [6, 6.07) is 15.8. The Kier molecular flexibility index (Phi) is 5.66. The van der Waals surface area contributed by atoms with Gasteiger partial charge in [0.2, 0.25) is 0 Å². The number of aliphatic hydroxyl groups is 1. The highest BCUT2D eigenvalue weighted by molar-refractivity contribution is 5.97. The molecule has 0 radical (unpaired) electrons. The van der Waals surface area contributed by atoms with Gasteiger partial charge in [-0.15, -0.1) is 0 Å². The van der Waals surface area contributed by atoms with Gasteiger partial charge in [0.25, 0.3) is 0 Å². The van der Waals surface area contributed by atoms with Gasteiger partial charge in [0, 0.05) is 36.1 Å². The van der Waals surface area contributed by atoms with Gasteiger partial charge in [-0.2, -0.15) is 0 Å². The first kappa shape index (κ1) is 18.0. The molecule has 3 aromatic rings. The monoisotopic (exact) mass is 361 g/mol. The van der Waals surface area contributed by atoms with Crippen LogP contribution in [-0.2, 0) is 6.42 Å². The number of aliphatic hydroxyl groups excluding tert-OH is 1. The van der Waals surface area contributed by atoms with Gasteiger partial charge in [-0.3, -0.25) is 4.98 Å². The maximum Gasteiger partial charge on any atom is 0.0443 e. The Balaban J connectivity index is 1.66. The molecule has 0 aliphatic carbocycles. The van der Waals surface area contributed by atoms with Crippen molar-refractivity contribution in [3.05, 3.63) is 60.4 Å². The molecule has 1 aromatic heterocycles. The summed E-state index contributed by atoms with van der Waals surface area (Å²) in [5.74, 6) is 0. The second-order valence-electron chi connectivity index (χ2n) is 7.31. The fourth-order valence-corrected chi connectivity index (χ4v) is 3.82. The van der Waals surface area contributed by atoms with Crippen molar-refractivity contribution in [1.82, 2.24) is 10.3 Å². The molecule has 4 heteroatoms. The van der Waals surface area contributed by atoms with Crippen LogP contribution < -0.4 is 10.6 Å². The van der Waals surface area contributed by atoms with Crippen LogP contribution in [0.15, 0.2) is 54.9 Å². The molecular weight excluding hydrogens is 334 g/mol. The van der Waals surface area contributed by atoms with E-state index < -0.39 is 0 Å². The zero-order chi connectivity index (χ0) is 18.5. The van der Waals surface area contributed by atoms with Crippen molar-refractivity contribution in [2.24, 2.45) is 0 Å². The molecule has 0 spiro atoms. The fourth-order valence-electron chi connectivity index (χ4n) is 3.82. The highest BCUT2D eigenvalue weighted by Crippen LogP contribution is 2.32. The minimum absolute atomic E-state index is 0.242. The number of piperidine rings is 1. The van der Waals surface area contributed by atoms with Gasteiger partial charge in [0.15, 0.2) is 0 Å². The van der Waals surface area contributed by atoms with Crippen LogP contribution in [0.5, 0.6) is 0 Å². The Morgan fingerprint density at radius 1 is 1.04 bits per heavy atom. The van der Waals surface area contributed by atoms with Crippen molar-refractivity contribution in [1.29, 1.82) is 0 Å². The lowest BCUT2D eigenvalue weighted by molar-refractivity contribution is 0.288. The van der Waals surface area contributed by atoms with Crippen LogP contribution >= 0.6 is 0 Å². The minimum Gasteiger partial charge on any atom is -0.396 e. The van der Waals surface area contributed by atoms with Crippen LogP contribution in [0.1, 0.15) is 24.8 Å². The third kappa shape index (κ3) is 4.29. The van der Waals surface area contributed by atoms with E-state index in [9.17, 15) is 0 Å². The van der Waals surface area contributed by atoms with E-state index in [-0.39, 0.29) is 6.61 Å². The lowest BCUT2D eigenvalue weighted by atomic mass is 9.98. The van der Waals surface area contributed by atoms with Crippen LogP contribution in [0.3, 0.4) is 0 Å². The second kappa shape index (κ2) is 8.51. The summed E-state index contributed by atoms with van der Waals surface area (Å²) >= 11 is 0. The summed E-state index contributed by atoms with van der Waals surface area (Å²) < 4.78 is 0. The minimum atomic E-state index is 0.242. The smallest absolute Gasteiger partial charge is 0.0443 e. The molecule has 0 bridgehead atoms. The summed E-state index contributed by atoms with van der Waals surface area (Å²) in [7, 11) is 0. The molecule has 0 unspecified atom stereocenters. The number of rotatable bonds is 6. The summed E-state index contributed by atoms with van der Waals surface area (Å²) in [5, 5.41) is 18.6. The molecule has 2 aromatic carbocycles. The maximum absolute atomic E-state index is 9.01. The zero-order valence-corrected chi connectivity index (χ0v) is 15.6. The summed E-state index contributed by atoms with van der Waals surface area (Å²) in [6.07, 6.45) is 7.84. The number of hydrogen-bond donors (Lipinski definition) is 3. The van der Waals surface area contributed by atoms with Crippen molar-refractivity contribution < 1.29 is 5.11 Å². The molecule has 1 aliphatic heterocycles.